The predicted molar refractivity (Wildman–Crippen MR) is 85.8 cm³/mol. The molecule has 0 spiro atoms. The van der Waals surface area contributed by atoms with Crippen molar-refractivity contribution in [2.24, 2.45) is 0 Å². The second kappa shape index (κ2) is 8.18. The second-order valence-electron chi connectivity index (χ2n) is 6.43. The fourth-order valence-electron chi connectivity index (χ4n) is 3.15. The number of nitrogens with zero attached hydrogens (tertiary/aromatic N) is 4. The third-order valence-electron chi connectivity index (χ3n) is 4.70. The van der Waals surface area contributed by atoms with Crippen molar-refractivity contribution in [1.82, 2.24) is 19.4 Å². The fraction of sp³-hybridized carbons (Fsp3) is 0.750. The van der Waals surface area contributed by atoms with E-state index in [1.807, 2.05) is 7.05 Å². The molecule has 0 radical (unpaired) electrons. The molecule has 6 nitrogen and oxygen atoms in total. The monoisotopic (exact) mass is 362 g/mol. The third kappa shape index (κ3) is 5.43. The largest absolute Gasteiger partial charge is 0.406 e. The average Bonchev–Trinajstić information content (AvgIpc) is 3.00. The summed E-state index contributed by atoms with van der Waals surface area (Å²) in [4.78, 5) is 20.0. The lowest BCUT2D eigenvalue weighted by molar-refractivity contribution is -0.141. The molecule has 1 fully saturated rings. The van der Waals surface area contributed by atoms with E-state index in [1.54, 1.807) is 4.90 Å². The third-order valence-corrected chi connectivity index (χ3v) is 4.70. The van der Waals surface area contributed by atoms with Crippen LogP contribution in [0.2, 0.25) is 0 Å². The Bertz CT molecular complexity index is 568. The van der Waals surface area contributed by atoms with Crippen LogP contribution in [0.15, 0.2) is 12.4 Å². The molecule has 0 aromatic carbocycles. The lowest BCUT2D eigenvalue weighted by atomic mass is 10.0. The molecule has 9 heteroatoms. The molecule has 0 bridgehead atoms. The minimum atomic E-state index is -4.41. The maximum atomic E-state index is 12.5. The number of aliphatic hydroxyl groups excluding tert-OH is 1. The first-order valence-electron chi connectivity index (χ1n) is 8.45. The van der Waals surface area contributed by atoms with E-state index in [2.05, 4.69) is 16.8 Å². The SMILES string of the molecule is CCN(C)C1CCN(C(=O)CC(O)c2nccn2CC(F)(F)F)CC1. The molecule has 1 aliphatic heterocycles. The Morgan fingerprint density at radius 2 is 2.08 bits per heavy atom. The average molecular weight is 362 g/mol. The number of rotatable bonds is 6. The summed E-state index contributed by atoms with van der Waals surface area (Å²) in [6.07, 6.45) is -1.95. The molecule has 1 atom stereocenters. The zero-order valence-corrected chi connectivity index (χ0v) is 14.5. The van der Waals surface area contributed by atoms with Gasteiger partial charge in [-0.15, -0.1) is 0 Å². The number of hydrogen-bond acceptors (Lipinski definition) is 4. The first-order valence-corrected chi connectivity index (χ1v) is 8.45. The van der Waals surface area contributed by atoms with Gasteiger partial charge in [0.25, 0.3) is 0 Å². The molecule has 1 unspecified atom stereocenters. The van der Waals surface area contributed by atoms with Gasteiger partial charge in [0.1, 0.15) is 18.5 Å². The molecule has 2 heterocycles. The van der Waals surface area contributed by atoms with Crippen LogP contribution >= 0.6 is 0 Å². The molecule has 1 aliphatic rings. The van der Waals surface area contributed by atoms with E-state index in [4.69, 9.17) is 0 Å². The Morgan fingerprint density at radius 3 is 2.64 bits per heavy atom. The number of aromatic nitrogens is 2. The summed E-state index contributed by atoms with van der Waals surface area (Å²) in [7, 11) is 2.05. The summed E-state index contributed by atoms with van der Waals surface area (Å²) in [5, 5.41) is 10.2. The number of carbonyl (C=O) groups is 1. The van der Waals surface area contributed by atoms with Gasteiger partial charge in [0, 0.05) is 31.5 Å². The van der Waals surface area contributed by atoms with Crippen LogP contribution in [0.25, 0.3) is 0 Å². The Hall–Kier alpha value is -1.61. The topological polar surface area (TPSA) is 61.6 Å². The van der Waals surface area contributed by atoms with Gasteiger partial charge in [-0.1, -0.05) is 6.92 Å². The van der Waals surface area contributed by atoms with Gasteiger partial charge in [-0.05, 0) is 26.4 Å². The molecule has 0 aliphatic carbocycles. The van der Waals surface area contributed by atoms with Crippen molar-refractivity contribution >= 4 is 5.91 Å². The van der Waals surface area contributed by atoms with Gasteiger partial charge in [-0.25, -0.2) is 4.98 Å². The molecule has 1 amide bonds. The number of hydrogen-bond donors (Lipinski definition) is 1. The Morgan fingerprint density at radius 1 is 1.44 bits per heavy atom. The van der Waals surface area contributed by atoms with Crippen LogP contribution in [0.4, 0.5) is 13.2 Å². The van der Waals surface area contributed by atoms with Crippen LogP contribution in [0.3, 0.4) is 0 Å². The van der Waals surface area contributed by atoms with Gasteiger partial charge in [0.15, 0.2) is 0 Å². The van der Waals surface area contributed by atoms with Gasteiger partial charge in [-0.2, -0.15) is 13.2 Å². The number of amides is 1. The summed E-state index contributed by atoms with van der Waals surface area (Å²) in [5.41, 5.74) is 0. The molecular formula is C16H25F3N4O2. The molecular weight excluding hydrogens is 337 g/mol. The fourth-order valence-corrected chi connectivity index (χ4v) is 3.15. The van der Waals surface area contributed by atoms with E-state index in [-0.39, 0.29) is 18.2 Å². The molecule has 1 aromatic heterocycles. The summed E-state index contributed by atoms with van der Waals surface area (Å²) in [5.74, 6) is -0.391. The summed E-state index contributed by atoms with van der Waals surface area (Å²) < 4.78 is 38.4. The number of aliphatic hydroxyl groups is 1. The highest BCUT2D eigenvalue weighted by Crippen LogP contribution is 2.23. The maximum absolute atomic E-state index is 12.5. The number of halogens is 3. The van der Waals surface area contributed by atoms with Crippen LogP contribution < -0.4 is 0 Å². The van der Waals surface area contributed by atoms with E-state index in [1.165, 1.54) is 6.20 Å². The van der Waals surface area contributed by atoms with Crippen molar-refractivity contribution in [2.75, 3.05) is 26.7 Å². The van der Waals surface area contributed by atoms with Crippen molar-refractivity contribution in [2.45, 2.75) is 51.1 Å². The summed E-state index contributed by atoms with van der Waals surface area (Å²) in [6.45, 7) is 2.98. The number of imidazole rings is 1. The number of piperidine rings is 1. The van der Waals surface area contributed by atoms with E-state index < -0.39 is 18.8 Å². The van der Waals surface area contributed by atoms with Gasteiger partial charge >= 0.3 is 6.18 Å². The van der Waals surface area contributed by atoms with Crippen LogP contribution in [0.1, 0.15) is 38.1 Å². The van der Waals surface area contributed by atoms with Crippen LogP contribution in [-0.2, 0) is 11.3 Å². The summed E-state index contributed by atoms with van der Waals surface area (Å²) >= 11 is 0. The minimum absolute atomic E-state index is 0.133. The Labute approximate surface area is 145 Å². The number of alkyl halides is 3. The highest BCUT2D eigenvalue weighted by atomic mass is 19.4. The Kier molecular flexibility index (Phi) is 6.45. The van der Waals surface area contributed by atoms with Crippen LogP contribution in [0, 0.1) is 0 Å². The zero-order valence-electron chi connectivity index (χ0n) is 14.5. The maximum Gasteiger partial charge on any atom is 0.406 e. The van der Waals surface area contributed by atoms with Crippen molar-refractivity contribution in [3.05, 3.63) is 18.2 Å². The molecule has 25 heavy (non-hydrogen) atoms. The van der Waals surface area contributed by atoms with Gasteiger partial charge in [-0.3, -0.25) is 4.79 Å². The predicted octanol–water partition coefficient (Wildman–Crippen LogP) is 1.81. The van der Waals surface area contributed by atoms with Crippen molar-refractivity contribution < 1.29 is 23.1 Å². The van der Waals surface area contributed by atoms with Crippen LogP contribution in [-0.4, -0.2) is 69.3 Å². The standard InChI is InChI=1S/C16H25F3N4O2/c1-3-21(2)12-4-7-22(8-5-12)14(25)10-13(24)15-20-6-9-23(15)11-16(17,18)19/h6,9,12-13,24H,3-5,7-8,10-11H2,1-2H3. The number of likely N-dealkylation sites (tertiary alicyclic amines) is 1. The lowest BCUT2D eigenvalue weighted by Gasteiger charge is -2.36. The first-order chi connectivity index (χ1) is 11.7. The molecule has 142 valence electrons. The second-order valence-corrected chi connectivity index (χ2v) is 6.43. The van der Waals surface area contributed by atoms with Crippen LogP contribution in [0.5, 0.6) is 0 Å². The molecule has 1 N–H and O–H groups in total. The van der Waals surface area contributed by atoms with Crippen molar-refractivity contribution in [1.29, 1.82) is 0 Å². The summed E-state index contributed by atoms with van der Waals surface area (Å²) in [6, 6.07) is 0.435. The Balaban J connectivity index is 1.90. The van der Waals surface area contributed by atoms with E-state index >= 15 is 0 Å². The highest BCUT2D eigenvalue weighted by molar-refractivity contribution is 5.76. The lowest BCUT2D eigenvalue weighted by Crippen LogP contribution is -2.45. The van der Waals surface area contributed by atoms with Gasteiger partial charge in [0.05, 0.1) is 6.42 Å². The molecule has 2 rings (SSSR count). The van der Waals surface area contributed by atoms with Gasteiger partial charge in [0.2, 0.25) is 5.91 Å². The minimum Gasteiger partial charge on any atom is -0.385 e. The molecule has 1 aromatic rings. The normalized spacial score (nSPS) is 18.0. The van der Waals surface area contributed by atoms with E-state index in [0.717, 1.165) is 30.2 Å². The first kappa shape index (κ1) is 19.7. The van der Waals surface area contributed by atoms with Gasteiger partial charge < -0.3 is 19.5 Å². The smallest absolute Gasteiger partial charge is 0.385 e. The number of carbonyl (C=O) groups excluding carboxylic acids is 1. The van der Waals surface area contributed by atoms with Crippen molar-refractivity contribution in [3.63, 3.8) is 0 Å². The quantitative estimate of drug-likeness (QED) is 0.839. The molecule has 0 saturated carbocycles. The molecule has 1 saturated heterocycles. The highest BCUT2D eigenvalue weighted by Gasteiger charge is 2.31. The van der Waals surface area contributed by atoms with E-state index in [0.29, 0.717) is 19.1 Å². The van der Waals surface area contributed by atoms with E-state index in [9.17, 15) is 23.1 Å². The van der Waals surface area contributed by atoms with Crippen molar-refractivity contribution in [3.8, 4) is 0 Å². The zero-order chi connectivity index (χ0) is 18.6.